The number of rotatable bonds is 53. The Morgan fingerprint density at radius 3 is 0.753 bits per heavy atom. The summed E-state index contributed by atoms with van der Waals surface area (Å²) < 4.78 is 16.8. The van der Waals surface area contributed by atoms with Crippen molar-refractivity contribution < 1.29 is 28.6 Å². The summed E-state index contributed by atoms with van der Waals surface area (Å²) in [4.78, 5) is 38.3. The van der Waals surface area contributed by atoms with E-state index in [4.69, 9.17) is 14.2 Å². The zero-order valence-electron chi connectivity index (χ0n) is 49.1. The molecule has 0 saturated heterocycles. The summed E-state index contributed by atoms with van der Waals surface area (Å²) in [5, 5.41) is 0. The fourth-order valence-corrected chi connectivity index (χ4v) is 7.72. The van der Waals surface area contributed by atoms with Gasteiger partial charge in [0.1, 0.15) is 13.2 Å². The second kappa shape index (κ2) is 63.3. The Hall–Kier alpha value is -5.23. The zero-order chi connectivity index (χ0) is 55.7. The van der Waals surface area contributed by atoms with Crippen LogP contribution in [0, 0.1) is 0 Å². The largest absolute Gasteiger partial charge is 0.462 e. The van der Waals surface area contributed by atoms with Gasteiger partial charge < -0.3 is 14.2 Å². The van der Waals surface area contributed by atoms with Gasteiger partial charge in [-0.05, 0) is 148 Å². The normalized spacial score (nSPS) is 13.3. The van der Waals surface area contributed by atoms with Crippen LogP contribution in [-0.4, -0.2) is 37.2 Å². The Kier molecular flexibility index (Phi) is 59.0. The predicted octanol–water partition coefficient (Wildman–Crippen LogP) is 21.1. The summed E-state index contributed by atoms with van der Waals surface area (Å²) in [5.74, 6) is -1.02. The molecular formula is C71H110O6. The molecule has 0 aliphatic rings. The van der Waals surface area contributed by atoms with Crippen molar-refractivity contribution >= 4 is 17.9 Å². The summed E-state index contributed by atoms with van der Waals surface area (Å²) in [6, 6.07) is 0. The van der Waals surface area contributed by atoms with Crippen LogP contribution >= 0.6 is 0 Å². The van der Waals surface area contributed by atoms with E-state index in [2.05, 4.69) is 191 Å². The number of carbonyl (C=O) groups is 3. The lowest BCUT2D eigenvalue weighted by molar-refractivity contribution is -0.167. The number of hydrogen-bond acceptors (Lipinski definition) is 6. The fraction of sp³-hybridized carbons (Fsp3) is 0.563. The van der Waals surface area contributed by atoms with Crippen LogP contribution in [0.1, 0.15) is 239 Å². The maximum absolute atomic E-state index is 12.9. The highest BCUT2D eigenvalue weighted by Crippen LogP contribution is 2.14. The molecule has 0 N–H and O–H groups in total. The summed E-state index contributed by atoms with van der Waals surface area (Å²) in [6.45, 7) is 6.21. The van der Waals surface area contributed by atoms with E-state index < -0.39 is 6.10 Å². The van der Waals surface area contributed by atoms with Crippen molar-refractivity contribution in [3.05, 3.63) is 170 Å². The first-order chi connectivity index (χ1) is 38.0. The van der Waals surface area contributed by atoms with Gasteiger partial charge in [0.05, 0.1) is 0 Å². The quantitative estimate of drug-likeness (QED) is 0.0261. The highest BCUT2D eigenvalue weighted by molar-refractivity contribution is 5.71. The minimum Gasteiger partial charge on any atom is -0.462 e. The van der Waals surface area contributed by atoms with Crippen molar-refractivity contribution in [2.24, 2.45) is 0 Å². The third kappa shape index (κ3) is 61.5. The molecule has 6 nitrogen and oxygen atoms in total. The number of allylic oxidation sites excluding steroid dienone is 28. The molecule has 430 valence electrons. The van der Waals surface area contributed by atoms with Crippen molar-refractivity contribution in [2.75, 3.05) is 13.2 Å². The molecule has 77 heavy (non-hydrogen) atoms. The maximum atomic E-state index is 12.9. The smallest absolute Gasteiger partial charge is 0.306 e. The van der Waals surface area contributed by atoms with Crippen molar-refractivity contribution in [3.63, 3.8) is 0 Å². The van der Waals surface area contributed by atoms with Gasteiger partial charge in [-0.25, -0.2) is 0 Å². The van der Waals surface area contributed by atoms with Gasteiger partial charge in [-0.3, -0.25) is 14.4 Å². The van der Waals surface area contributed by atoms with E-state index in [-0.39, 0.29) is 44.0 Å². The molecule has 0 aromatic heterocycles. The topological polar surface area (TPSA) is 78.9 Å². The maximum Gasteiger partial charge on any atom is 0.306 e. The summed E-state index contributed by atoms with van der Waals surface area (Å²) in [6.07, 6.45) is 93.5. The number of hydrogen-bond donors (Lipinski definition) is 0. The van der Waals surface area contributed by atoms with Crippen molar-refractivity contribution in [1.82, 2.24) is 0 Å². The molecule has 0 saturated carbocycles. The van der Waals surface area contributed by atoms with E-state index in [0.29, 0.717) is 19.3 Å². The second-order valence-electron chi connectivity index (χ2n) is 19.5. The minimum atomic E-state index is -0.831. The van der Waals surface area contributed by atoms with Crippen molar-refractivity contribution in [1.29, 1.82) is 0 Å². The van der Waals surface area contributed by atoms with Crippen LogP contribution in [0.25, 0.3) is 0 Å². The zero-order valence-corrected chi connectivity index (χ0v) is 49.1. The monoisotopic (exact) mass is 1060 g/mol. The molecule has 1 atom stereocenters. The Balaban J connectivity index is 4.53. The van der Waals surface area contributed by atoms with Gasteiger partial charge in [0.15, 0.2) is 6.10 Å². The average Bonchev–Trinajstić information content (AvgIpc) is 3.43. The van der Waals surface area contributed by atoms with E-state index in [1.54, 1.807) is 0 Å². The molecule has 0 heterocycles. The summed E-state index contributed by atoms with van der Waals surface area (Å²) in [7, 11) is 0. The Bertz CT molecular complexity index is 1790. The molecule has 0 aromatic rings. The lowest BCUT2D eigenvalue weighted by Crippen LogP contribution is -2.30. The van der Waals surface area contributed by atoms with Crippen LogP contribution in [0.15, 0.2) is 170 Å². The van der Waals surface area contributed by atoms with Crippen molar-refractivity contribution in [3.8, 4) is 0 Å². The van der Waals surface area contributed by atoms with Crippen LogP contribution in [0.4, 0.5) is 0 Å². The van der Waals surface area contributed by atoms with Gasteiger partial charge >= 0.3 is 17.9 Å². The second-order valence-corrected chi connectivity index (χ2v) is 19.5. The first kappa shape index (κ1) is 71.8. The van der Waals surface area contributed by atoms with Crippen LogP contribution in [-0.2, 0) is 28.6 Å². The first-order valence-corrected chi connectivity index (χ1v) is 30.6. The Labute approximate surface area is 472 Å². The first-order valence-electron chi connectivity index (χ1n) is 30.6. The highest BCUT2D eigenvalue weighted by atomic mass is 16.6. The Morgan fingerprint density at radius 2 is 0.468 bits per heavy atom. The van der Waals surface area contributed by atoms with Crippen LogP contribution < -0.4 is 0 Å². The molecule has 0 radical (unpaired) electrons. The molecule has 6 heteroatoms. The van der Waals surface area contributed by atoms with E-state index in [9.17, 15) is 14.4 Å². The molecule has 1 unspecified atom stereocenters. The molecular weight excluding hydrogens is 949 g/mol. The van der Waals surface area contributed by atoms with E-state index in [1.807, 2.05) is 0 Å². The summed E-state index contributed by atoms with van der Waals surface area (Å²) >= 11 is 0. The van der Waals surface area contributed by atoms with Crippen LogP contribution in [0.3, 0.4) is 0 Å². The molecule has 0 fully saturated rings. The lowest BCUT2D eigenvalue weighted by atomic mass is 10.1. The molecule has 0 aliphatic heterocycles. The van der Waals surface area contributed by atoms with E-state index >= 15 is 0 Å². The molecule has 0 amide bonds. The number of esters is 3. The van der Waals surface area contributed by atoms with Crippen LogP contribution in [0.2, 0.25) is 0 Å². The Morgan fingerprint density at radius 1 is 0.260 bits per heavy atom. The highest BCUT2D eigenvalue weighted by Gasteiger charge is 2.19. The average molecular weight is 1060 g/mol. The number of unbranched alkanes of at least 4 members (excludes halogenated alkanes) is 14. The third-order valence-electron chi connectivity index (χ3n) is 12.2. The number of carbonyl (C=O) groups excluding carboxylic acids is 3. The lowest BCUT2D eigenvalue weighted by Gasteiger charge is -2.18. The molecule has 0 aromatic carbocycles. The van der Waals surface area contributed by atoms with Gasteiger partial charge in [-0.15, -0.1) is 0 Å². The minimum absolute atomic E-state index is 0.119. The molecule has 0 aliphatic carbocycles. The van der Waals surface area contributed by atoms with Crippen LogP contribution in [0.5, 0.6) is 0 Å². The predicted molar refractivity (Wildman–Crippen MR) is 334 cm³/mol. The standard InChI is InChI=1S/C71H110O6/c1-4-7-10-13-16-19-22-25-28-30-32-34-35-37-38-40-43-46-49-52-55-58-61-64-70(73)76-67-68(66-75-69(72)63-60-57-54-51-48-45-42-27-24-21-18-15-12-9-6-3)77-71(74)65-62-59-56-53-50-47-44-41-39-36-33-31-29-26-23-20-17-14-11-8-5-2/h7-12,16-21,25-29,32-34,36,41-42,44,48,50-51,53,68H,4-6,13-15,22-24,30-31,35,37-40,43,45-47,49,52,54-67H2,1-3H3/b10-7-,11-8-,12-9-,19-16-,20-17-,21-18-,28-25-,29-26-,34-32-,36-33-,42-27-,44-41-,51-48-,53-50-. The SMILES string of the molecule is CC/C=C\C/C=C\C/C=C\C/C=C\C/C=C\C/C=C\CCCCC(=O)OC(COC(=O)CCCC/C=C\C/C=C\C/C=C\C/C=C\CC)COC(=O)CCCCCCCCCCCC/C=C\C/C=C\C/C=C\C/C=C\CC. The third-order valence-corrected chi connectivity index (χ3v) is 12.2. The van der Waals surface area contributed by atoms with Gasteiger partial charge in [0.2, 0.25) is 0 Å². The number of ether oxygens (including phenoxy) is 3. The van der Waals surface area contributed by atoms with Gasteiger partial charge in [-0.2, -0.15) is 0 Å². The van der Waals surface area contributed by atoms with Gasteiger partial charge in [0.25, 0.3) is 0 Å². The van der Waals surface area contributed by atoms with Gasteiger partial charge in [0, 0.05) is 19.3 Å². The van der Waals surface area contributed by atoms with E-state index in [0.717, 1.165) is 135 Å². The summed E-state index contributed by atoms with van der Waals surface area (Å²) in [5.41, 5.74) is 0. The van der Waals surface area contributed by atoms with Crippen molar-refractivity contribution in [2.45, 2.75) is 245 Å². The fourth-order valence-electron chi connectivity index (χ4n) is 7.72. The molecule has 0 spiro atoms. The molecule has 0 rings (SSSR count). The van der Waals surface area contributed by atoms with Gasteiger partial charge in [-0.1, -0.05) is 242 Å². The van der Waals surface area contributed by atoms with E-state index in [1.165, 1.54) is 51.4 Å². The molecule has 0 bridgehead atoms.